The molecule has 31 heavy (non-hydrogen) atoms. The molecule has 1 unspecified atom stereocenters. The molecule has 3 N–H and O–H groups in total. The van der Waals surface area contributed by atoms with Gasteiger partial charge in [-0.2, -0.15) is 0 Å². The number of urea groups is 1. The van der Waals surface area contributed by atoms with Crippen molar-refractivity contribution in [2.75, 3.05) is 30.3 Å². The smallest absolute Gasteiger partial charge is 0.321 e. The largest absolute Gasteiger partial charge is 0.484 e. The van der Waals surface area contributed by atoms with Crippen molar-refractivity contribution in [2.45, 2.75) is 32.2 Å². The van der Waals surface area contributed by atoms with Crippen LogP contribution < -0.4 is 20.7 Å². The van der Waals surface area contributed by atoms with Gasteiger partial charge >= 0.3 is 6.03 Å². The maximum absolute atomic E-state index is 12.6. The molecule has 2 aromatic carbocycles. The van der Waals surface area contributed by atoms with Crippen LogP contribution in [-0.2, 0) is 9.59 Å². The molecule has 0 aliphatic carbocycles. The minimum atomic E-state index is -0.269. The summed E-state index contributed by atoms with van der Waals surface area (Å²) in [6.45, 7) is 2.79. The third kappa shape index (κ3) is 7.02. The van der Waals surface area contributed by atoms with Crippen LogP contribution in [0, 0.1) is 0 Å². The summed E-state index contributed by atoms with van der Waals surface area (Å²) in [5, 5.41) is 8.57. The Morgan fingerprint density at radius 2 is 1.77 bits per heavy atom. The lowest BCUT2D eigenvalue weighted by Gasteiger charge is -2.33. The molecule has 1 aliphatic rings. The van der Waals surface area contributed by atoms with E-state index in [1.165, 1.54) is 0 Å². The Morgan fingerprint density at radius 1 is 1.00 bits per heavy atom. The molecule has 0 radical (unpaired) electrons. The van der Waals surface area contributed by atoms with E-state index in [-0.39, 0.29) is 30.5 Å². The van der Waals surface area contributed by atoms with Crippen LogP contribution in [0.4, 0.5) is 16.2 Å². The molecule has 1 atom stereocenters. The second-order valence-electron chi connectivity index (χ2n) is 7.37. The first-order valence-electron chi connectivity index (χ1n) is 10.5. The van der Waals surface area contributed by atoms with Gasteiger partial charge in [0.25, 0.3) is 5.91 Å². The lowest BCUT2D eigenvalue weighted by atomic mass is 10.1. The zero-order chi connectivity index (χ0) is 22.1. The van der Waals surface area contributed by atoms with Crippen LogP contribution in [0.3, 0.4) is 0 Å². The number of anilines is 2. The molecular weight excluding hydrogens is 396 g/mol. The van der Waals surface area contributed by atoms with Crippen LogP contribution in [0.25, 0.3) is 0 Å². The third-order valence-electron chi connectivity index (χ3n) is 4.91. The number of hydrogen-bond acceptors (Lipinski definition) is 4. The average Bonchev–Trinajstić information content (AvgIpc) is 2.79. The van der Waals surface area contributed by atoms with Gasteiger partial charge in [-0.3, -0.25) is 9.59 Å². The van der Waals surface area contributed by atoms with E-state index in [1.807, 2.05) is 25.1 Å². The van der Waals surface area contributed by atoms with Crippen LogP contribution >= 0.6 is 0 Å². The first-order chi connectivity index (χ1) is 15.0. The van der Waals surface area contributed by atoms with Gasteiger partial charge in [0.05, 0.1) is 0 Å². The summed E-state index contributed by atoms with van der Waals surface area (Å²) in [7, 11) is 0. The number of amides is 4. The maximum Gasteiger partial charge on any atom is 0.321 e. The quantitative estimate of drug-likeness (QED) is 0.635. The predicted octanol–water partition coefficient (Wildman–Crippen LogP) is 3.23. The summed E-state index contributed by atoms with van der Waals surface area (Å²) >= 11 is 0. The number of ether oxygens (including phenoxy) is 1. The molecular formula is C23H28N4O4. The van der Waals surface area contributed by atoms with Crippen LogP contribution in [0.5, 0.6) is 5.75 Å². The number of piperidine rings is 1. The van der Waals surface area contributed by atoms with Gasteiger partial charge in [0, 0.05) is 43.0 Å². The van der Waals surface area contributed by atoms with Gasteiger partial charge in [0.1, 0.15) is 5.75 Å². The fraction of sp³-hybridized carbons (Fsp3) is 0.348. The van der Waals surface area contributed by atoms with E-state index in [4.69, 9.17) is 4.74 Å². The summed E-state index contributed by atoms with van der Waals surface area (Å²) in [5.74, 6) is 0.204. The van der Waals surface area contributed by atoms with Crippen molar-refractivity contribution in [1.29, 1.82) is 0 Å². The van der Waals surface area contributed by atoms with E-state index >= 15 is 0 Å². The highest BCUT2D eigenvalue weighted by molar-refractivity contribution is 5.92. The van der Waals surface area contributed by atoms with Crippen molar-refractivity contribution in [2.24, 2.45) is 0 Å². The molecule has 1 heterocycles. The van der Waals surface area contributed by atoms with Crippen molar-refractivity contribution in [3.63, 3.8) is 0 Å². The van der Waals surface area contributed by atoms with E-state index in [1.54, 1.807) is 41.3 Å². The predicted molar refractivity (Wildman–Crippen MR) is 119 cm³/mol. The molecule has 3 rings (SSSR count). The van der Waals surface area contributed by atoms with Gasteiger partial charge in [0.2, 0.25) is 5.91 Å². The van der Waals surface area contributed by atoms with Crippen LogP contribution in [0.15, 0.2) is 54.6 Å². The summed E-state index contributed by atoms with van der Waals surface area (Å²) in [6, 6.07) is 15.8. The van der Waals surface area contributed by atoms with Gasteiger partial charge in [-0.15, -0.1) is 0 Å². The van der Waals surface area contributed by atoms with E-state index < -0.39 is 0 Å². The number of carbonyl (C=O) groups is 3. The normalized spacial score (nSPS) is 15.6. The molecule has 8 nitrogen and oxygen atoms in total. The Kier molecular flexibility index (Phi) is 7.86. The second kappa shape index (κ2) is 11.0. The second-order valence-corrected chi connectivity index (χ2v) is 7.37. The zero-order valence-corrected chi connectivity index (χ0v) is 17.6. The zero-order valence-electron chi connectivity index (χ0n) is 17.6. The highest BCUT2D eigenvalue weighted by atomic mass is 16.5. The molecule has 0 saturated carbocycles. The molecule has 8 heteroatoms. The highest BCUT2D eigenvalue weighted by Crippen LogP contribution is 2.19. The minimum absolute atomic E-state index is 0.00610. The Hall–Kier alpha value is -3.55. The Balaban J connectivity index is 1.49. The molecule has 1 aliphatic heterocycles. The van der Waals surface area contributed by atoms with Gasteiger partial charge in [-0.05, 0) is 37.1 Å². The number of benzene rings is 2. The fourth-order valence-electron chi connectivity index (χ4n) is 3.34. The van der Waals surface area contributed by atoms with Crippen molar-refractivity contribution in [3.05, 3.63) is 54.6 Å². The number of nitrogens with one attached hydrogen (secondary N) is 3. The van der Waals surface area contributed by atoms with Crippen molar-refractivity contribution >= 4 is 29.2 Å². The van der Waals surface area contributed by atoms with Crippen molar-refractivity contribution < 1.29 is 19.1 Å². The van der Waals surface area contributed by atoms with E-state index in [9.17, 15) is 14.4 Å². The lowest BCUT2D eigenvalue weighted by molar-refractivity contribution is -0.121. The third-order valence-corrected chi connectivity index (χ3v) is 4.91. The summed E-state index contributed by atoms with van der Waals surface area (Å²) in [6.07, 6.45) is 2.13. The SMILES string of the molecule is CCC(=O)NC1CCCN(C(=O)Nc2cccc(OCC(=O)Nc3ccccc3)c2)C1. The first kappa shape index (κ1) is 22.1. The van der Waals surface area contributed by atoms with E-state index in [0.29, 0.717) is 36.6 Å². The van der Waals surface area contributed by atoms with Crippen LogP contribution in [-0.4, -0.2) is 48.5 Å². The maximum atomic E-state index is 12.6. The first-order valence-corrected chi connectivity index (χ1v) is 10.5. The molecule has 2 aromatic rings. The van der Waals surface area contributed by atoms with Crippen molar-refractivity contribution in [1.82, 2.24) is 10.2 Å². The number of nitrogens with zero attached hydrogens (tertiary/aromatic N) is 1. The average molecular weight is 425 g/mol. The summed E-state index contributed by atoms with van der Waals surface area (Å²) < 4.78 is 5.56. The minimum Gasteiger partial charge on any atom is -0.484 e. The molecule has 1 saturated heterocycles. The number of para-hydroxylation sites is 1. The fourth-order valence-corrected chi connectivity index (χ4v) is 3.34. The summed E-state index contributed by atoms with van der Waals surface area (Å²) in [5.41, 5.74) is 1.28. The van der Waals surface area contributed by atoms with Gasteiger partial charge < -0.3 is 25.6 Å². The topological polar surface area (TPSA) is 99.8 Å². The molecule has 1 fully saturated rings. The van der Waals surface area contributed by atoms with Gasteiger partial charge in [-0.25, -0.2) is 4.79 Å². The Morgan fingerprint density at radius 3 is 2.55 bits per heavy atom. The molecule has 0 aromatic heterocycles. The molecule has 4 amide bonds. The van der Waals surface area contributed by atoms with Gasteiger partial charge in [-0.1, -0.05) is 31.2 Å². The number of rotatable bonds is 7. The Labute approximate surface area is 182 Å². The molecule has 164 valence electrons. The van der Waals surface area contributed by atoms with Crippen molar-refractivity contribution in [3.8, 4) is 5.75 Å². The summed E-state index contributed by atoms with van der Waals surface area (Å²) in [4.78, 5) is 38.0. The molecule has 0 bridgehead atoms. The van der Waals surface area contributed by atoms with Gasteiger partial charge in [0.15, 0.2) is 6.61 Å². The van der Waals surface area contributed by atoms with Crippen LogP contribution in [0.1, 0.15) is 26.2 Å². The number of likely N-dealkylation sites (tertiary alicyclic amines) is 1. The molecule has 0 spiro atoms. The number of hydrogen-bond donors (Lipinski definition) is 3. The standard InChI is InChI=1S/C23H28N4O4/c1-2-21(28)25-19-11-7-13-27(15-19)23(30)26-18-10-6-12-20(14-18)31-16-22(29)24-17-8-4-3-5-9-17/h3-6,8-10,12,14,19H,2,7,11,13,15-16H2,1H3,(H,24,29)(H,25,28)(H,26,30). The van der Waals surface area contributed by atoms with E-state index in [2.05, 4.69) is 16.0 Å². The van der Waals surface area contributed by atoms with E-state index in [0.717, 1.165) is 12.8 Å². The Bertz CT molecular complexity index is 903. The lowest BCUT2D eigenvalue weighted by Crippen LogP contribution is -2.50. The monoisotopic (exact) mass is 424 g/mol. The number of carbonyl (C=O) groups excluding carboxylic acids is 3. The van der Waals surface area contributed by atoms with Crippen LogP contribution in [0.2, 0.25) is 0 Å². The highest BCUT2D eigenvalue weighted by Gasteiger charge is 2.24.